The van der Waals surface area contributed by atoms with Gasteiger partial charge in [-0.05, 0) is 117 Å². The van der Waals surface area contributed by atoms with Crippen molar-refractivity contribution >= 4 is 85.3 Å². The summed E-state index contributed by atoms with van der Waals surface area (Å²) in [5.41, 5.74) is -8.26. The van der Waals surface area contributed by atoms with Gasteiger partial charge in [0, 0.05) is 37.4 Å². The average molecular weight is 1220 g/mol. The molecule has 4 aliphatic rings. The first-order valence-electron chi connectivity index (χ1n) is 28.8. The maximum Gasteiger partial charge on any atom is 0.408 e. The van der Waals surface area contributed by atoms with Crippen LogP contribution in [0.2, 0.25) is 34.8 Å². The van der Waals surface area contributed by atoms with Crippen LogP contribution in [0.4, 0.5) is 4.79 Å². The smallest absolute Gasteiger partial charge is 0.408 e. The van der Waals surface area contributed by atoms with Gasteiger partial charge < -0.3 is 52.1 Å². The van der Waals surface area contributed by atoms with Crippen LogP contribution in [0, 0.1) is 16.7 Å². The van der Waals surface area contributed by atoms with Gasteiger partial charge in [0.25, 0.3) is 0 Å². The molecule has 1 amide bonds. The summed E-state index contributed by atoms with van der Waals surface area (Å²) in [5, 5.41) is 19.2. The molecule has 2 aromatic heterocycles. The predicted octanol–water partition coefficient (Wildman–Crippen LogP) is 12.5. The van der Waals surface area contributed by atoms with Crippen molar-refractivity contribution in [3.8, 4) is 0 Å². The van der Waals surface area contributed by atoms with Gasteiger partial charge in [-0.3, -0.25) is 14.4 Å². The minimum absolute atomic E-state index is 0.0518. The molecule has 1 saturated heterocycles. The minimum Gasteiger partial charge on any atom is -0.467 e. The highest BCUT2D eigenvalue weighted by molar-refractivity contribution is 8.76. The normalized spacial score (nSPS) is 28.2. The molecule has 3 aliphatic carbocycles. The van der Waals surface area contributed by atoms with Crippen molar-refractivity contribution in [1.82, 2.24) is 5.32 Å². The van der Waals surface area contributed by atoms with E-state index in [0.717, 1.165) is 11.3 Å². The summed E-state index contributed by atoms with van der Waals surface area (Å²) in [7, 11) is -2.65. The molecule has 0 spiro atoms. The molecular weight excluding hydrogens is 1130 g/mol. The van der Waals surface area contributed by atoms with Crippen molar-refractivity contribution in [3.05, 3.63) is 57.7 Å². The third-order valence-electron chi connectivity index (χ3n) is 18.2. The topological polar surface area (TPSA) is 222 Å². The zero-order valence-corrected chi connectivity index (χ0v) is 55.4. The summed E-state index contributed by atoms with van der Waals surface area (Å²) in [5.74, 6) is -4.41. The lowest BCUT2D eigenvalue weighted by Crippen LogP contribution is -2.82. The molecule has 6 rings (SSSR count). The predicted molar refractivity (Wildman–Crippen MR) is 319 cm³/mol. The highest BCUT2D eigenvalue weighted by Crippen LogP contribution is 2.65. The van der Waals surface area contributed by atoms with Crippen LogP contribution in [0.1, 0.15) is 165 Å². The summed E-state index contributed by atoms with van der Waals surface area (Å²) in [4.78, 5) is 90.3. The Balaban J connectivity index is 1.68. The van der Waals surface area contributed by atoms with Crippen LogP contribution >= 0.6 is 32.9 Å². The molecule has 454 valence electrons. The second kappa shape index (κ2) is 26.0. The van der Waals surface area contributed by atoms with Gasteiger partial charge in [-0.2, -0.15) is 0 Å². The number of carbonyl (C=O) groups is 6. The van der Waals surface area contributed by atoms with E-state index < -0.39 is 135 Å². The van der Waals surface area contributed by atoms with E-state index in [4.69, 9.17) is 41.7 Å². The van der Waals surface area contributed by atoms with E-state index in [-0.39, 0.29) is 52.3 Å². The Labute approximate surface area is 494 Å². The van der Waals surface area contributed by atoms with Crippen LogP contribution in [0.25, 0.3) is 0 Å². The number of aliphatic hydroxyl groups is 1. The van der Waals surface area contributed by atoms with Crippen molar-refractivity contribution in [2.75, 3.05) is 18.6 Å². The Morgan fingerprint density at radius 2 is 1.58 bits per heavy atom. The number of thiophene rings is 1. The first kappa shape index (κ1) is 66.7. The summed E-state index contributed by atoms with van der Waals surface area (Å²) < 4.78 is 59.8. The number of rotatable bonds is 24. The quantitative estimate of drug-likeness (QED) is 0.0249. The molecule has 2 N–H and O–H groups in total. The third kappa shape index (κ3) is 12.9. The fourth-order valence-electron chi connectivity index (χ4n) is 13.9. The maximum absolute atomic E-state index is 17.0. The van der Waals surface area contributed by atoms with Gasteiger partial charge in [0.15, 0.2) is 31.9 Å². The molecular formula is C59H91NO16S3Si2. The summed E-state index contributed by atoms with van der Waals surface area (Å²) in [6.07, 6.45) is -5.90. The molecule has 81 heavy (non-hydrogen) atoms. The van der Waals surface area contributed by atoms with Crippen LogP contribution in [0.5, 0.6) is 0 Å². The molecule has 22 heteroatoms. The van der Waals surface area contributed by atoms with Crippen LogP contribution in [0.15, 0.2) is 51.5 Å². The molecule has 2 saturated carbocycles. The molecule has 0 radical (unpaired) electrons. The Morgan fingerprint density at radius 3 is 2.09 bits per heavy atom. The lowest BCUT2D eigenvalue weighted by Gasteiger charge is -2.68. The monoisotopic (exact) mass is 1220 g/mol. The Morgan fingerprint density at radius 1 is 0.938 bits per heavy atom. The van der Waals surface area contributed by atoms with E-state index in [1.807, 2.05) is 6.26 Å². The van der Waals surface area contributed by atoms with Crippen molar-refractivity contribution in [2.45, 2.75) is 238 Å². The van der Waals surface area contributed by atoms with E-state index in [2.05, 4.69) is 67.6 Å². The lowest BCUT2D eigenvalue weighted by molar-refractivity contribution is -0.344. The number of ketones is 1. The average Bonchev–Trinajstić information content (AvgIpc) is 3.22. The SMILES string of the molecule is CC[Si](CC)(CC)O[C@H]1C[C@H]2OC[C@@]2(OC(C)=O)[C@H]2[C@H](OC(=O)c3cccs3)[C@]3(O)C[C@H](OC(=O)[C@H](O[Si](C(C)C)(C(C)C)C(C)C)[C@@H](NC(=O)OC(C)(C)C)c4ccco4)C(C)=C([C@@H](OC(=O)CCCSSC)C(=O)[C@]12C)C3(C)C. The first-order valence-corrected chi connectivity index (χ1v) is 37.1. The van der Waals surface area contributed by atoms with Crippen molar-refractivity contribution < 1.29 is 75.6 Å². The number of alkyl carbamates (subject to hydrolysis) is 1. The zero-order valence-electron chi connectivity index (χ0n) is 51.0. The van der Waals surface area contributed by atoms with E-state index in [9.17, 15) is 24.3 Å². The number of Topliss-reactive ketones (excluding diaryl/α,β-unsaturated/α-hetero) is 1. The second-order valence-corrected chi connectivity index (χ2v) is 38.9. The molecule has 2 bridgehead atoms. The number of esters is 4. The van der Waals surface area contributed by atoms with Crippen LogP contribution in [-0.2, 0) is 56.5 Å². The molecule has 2 aromatic rings. The van der Waals surface area contributed by atoms with Gasteiger partial charge in [0.05, 0.1) is 30.3 Å². The molecule has 1 aliphatic heterocycles. The number of carbonyl (C=O) groups excluding carboxylic acids is 6. The number of furan rings is 1. The molecule has 0 aromatic carbocycles. The number of fused-ring (bicyclic) bond motifs is 5. The van der Waals surface area contributed by atoms with Gasteiger partial charge >= 0.3 is 30.0 Å². The third-order valence-corrected chi connectivity index (χ3v) is 31.7. The molecule has 11 atom stereocenters. The van der Waals surface area contributed by atoms with Gasteiger partial charge in [-0.25, -0.2) is 14.4 Å². The van der Waals surface area contributed by atoms with Crippen LogP contribution in [-0.4, -0.2) is 130 Å². The standard InChI is InChI=1S/C59H91NO16S3Si2/c1-19-80(20-2,21-3)75-42-31-43-58(33-69-43,73-38(11)61)49-51(72-52(64)41-26-23-29-78-41)59(67)32-40(37(10)45(56(59,15)16)47(50(63)57(42,49)17)71-44(62)27-24-30-79-77-18)70-53(65)48(76-81(34(4)5,35(6)7)36(8)9)46(39-25-22-28-68-39)60-54(66)74-55(12,13)14/h22-23,25-26,28-29,34-36,40,42-43,46-49,51,67H,19-21,24,27,30-33H2,1-18H3,(H,60,66)/t40-,42-,43+,46-,47+,48+,49-,51-,57+,58-,59+/m0/s1. The van der Waals surface area contributed by atoms with Gasteiger partial charge in [-0.15, -0.1) is 11.3 Å². The second-order valence-electron chi connectivity index (χ2n) is 25.1. The Hall–Kier alpha value is -3.49. The molecule has 3 fully saturated rings. The minimum atomic E-state index is -3.11. The number of amides is 1. The van der Waals surface area contributed by atoms with E-state index in [1.165, 1.54) is 13.2 Å². The number of hydrogen-bond donors (Lipinski definition) is 2. The number of hydrogen-bond acceptors (Lipinski definition) is 19. The fraction of sp³-hybridized carbons (Fsp3) is 0.729. The highest BCUT2D eigenvalue weighted by Gasteiger charge is 2.79. The first-order chi connectivity index (χ1) is 37.8. The summed E-state index contributed by atoms with van der Waals surface area (Å²) in [6, 6.07) is 7.28. The Kier molecular flexibility index (Phi) is 21.4. The largest absolute Gasteiger partial charge is 0.467 e. The number of nitrogens with one attached hydrogen (secondary N) is 1. The fourth-order valence-corrected chi connectivity index (χ4v) is 24.3. The van der Waals surface area contributed by atoms with E-state index in [0.29, 0.717) is 35.9 Å². The highest BCUT2D eigenvalue weighted by atomic mass is 33.1. The van der Waals surface area contributed by atoms with Gasteiger partial charge in [0.2, 0.25) is 8.32 Å². The van der Waals surface area contributed by atoms with Gasteiger partial charge in [-0.1, -0.05) is 104 Å². The van der Waals surface area contributed by atoms with Crippen LogP contribution in [0.3, 0.4) is 0 Å². The Bertz CT molecular complexity index is 2550. The lowest BCUT2D eigenvalue weighted by atomic mass is 9.44. The van der Waals surface area contributed by atoms with Crippen molar-refractivity contribution in [1.29, 1.82) is 0 Å². The van der Waals surface area contributed by atoms with Crippen molar-refractivity contribution in [3.63, 3.8) is 0 Å². The molecule has 0 unspecified atom stereocenters. The van der Waals surface area contributed by atoms with Crippen molar-refractivity contribution in [2.24, 2.45) is 16.7 Å². The zero-order chi connectivity index (χ0) is 60.4. The molecule has 3 heterocycles. The van der Waals surface area contributed by atoms with E-state index in [1.54, 1.807) is 99.7 Å². The maximum atomic E-state index is 17.0. The van der Waals surface area contributed by atoms with E-state index >= 15 is 9.59 Å². The van der Waals surface area contributed by atoms with Gasteiger partial charge in [0.1, 0.15) is 46.2 Å². The van der Waals surface area contributed by atoms with Crippen LogP contribution < -0.4 is 5.32 Å². The number of ether oxygens (including phenoxy) is 6. The summed E-state index contributed by atoms with van der Waals surface area (Å²) >= 11 is 1.12. The summed E-state index contributed by atoms with van der Waals surface area (Å²) in [6.45, 7) is 31.5. The molecule has 17 nitrogen and oxygen atoms in total.